The van der Waals surface area contributed by atoms with E-state index in [1.807, 2.05) is 12.2 Å². The summed E-state index contributed by atoms with van der Waals surface area (Å²) in [5.74, 6) is -0.669. The van der Waals surface area contributed by atoms with Crippen molar-refractivity contribution >= 4 is 17.5 Å². The van der Waals surface area contributed by atoms with Crippen LogP contribution in [0.15, 0.2) is 40.9 Å². The lowest BCUT2D eigenvalue weighted by atomic mass is 9.89. The largest absolute Gasteiger partial charge is 0.416 e. The van der Waals surface area contributed by atoms with Crippen LogP contribution >= 0.6 is 11.6 Å². The predicted molar refractivity (Wildman–Crippen MR) is 92.2 cm³/mol. The molecule has 1 heterocycles. The smallest absolute Gasteiger partial charge is 0.396 e. The standard InChI is InChI=1S/C18H16ClF3N2O3/c19-14-15(17(26)23-13-4-2-1-3-11(13)9-25)24-27-16(14)10-5-7-12(8-6-10)18(20,21)22/h1-2,5-8,11,13,25H,3-4,9H2,(H,23,26)/t11-,13-/m0/s1. The quantitative estimate of drug-likeness (QED) is 0.758. The van der Waals surface area contributed by atoms with Crippen molar-refractivity contribution in [1.82, 2.24) is 10.5 Å². The maximum Gasteiger partial charge on any atom is 0.416 e. The lowest BCUT2D eigenvalue weighted by molar-refractivity contribution is -0.137. The van der Waals surface area contributed by atoms with Gasteiger partial charge in [-0.15, -0.1) is 0 Å². The zero-order valence-corrected chi connectivity index (χ0v) is 14.7. The van der Waals surface area contributed by atoms with E-state index in [1.54, 1.807) is 0 Å². The number of aromatic nitrogens is 1. The molecule has 0 radical (unpaired) electrons. The molecule has 1 amide bonds. The van der Waals surface area contributed by atoms with Crippen LogP contribution in [0.3, 0.4) is 0 Å². The maximum atomic E-state index is 12.7. The van der Waals surface area contributed by atoms with Crippen LogP contribution in [-0.2, 0) is 6.18 Å². The van der Waals surface area contributed by atoms with Crippen LogP contribution in [0.2, 0.25) is 5.02 Å². The first-order valence-electron chi connectivity index (χ1n) is 8.20. The Kier molecular flexibility index (Phi) is 5.57. The number of aliphatic hydroxyl groups excluding tert-OH is 1. The summed E-state index contributed by atoms with van der Waals surface area (Å²) >= 11 is 6.17. The van der Waals surface area contributed by atoms with Crippen LogP contribution in [0, 0.1) is 5.92 Å². The molecule has 3 rings (SSSR count). The number of aliphatic hydroxyl groups is 1. The van der Waals surface area contributed by atoms with Crippen LogP contribution in [0.4, 0.5) is 13.2 Å². The van der Waals surface area contributed by atoms with Crippen molar-refractivity contribution in [2.75, 3.05) is 6.61 Å². The number of hydrogen-bond donors (Lipinski definition) is 2. The van der Waals surface area contributed by atoms with Gasteiger partial charge in [-0.25, -0.2) is 0 Å². The number of nitrogens with one attached hydrogen (secondary N) is 1. The van der Waals surface area contributed by atoms with E-state index < -0.39 is 17.6 Å². The number of allylic oxidation sites excluding steroid dienone is 1. The molecule has 0 aliphatic heterocycles. The van der Waals surface area contributed by atoms with E-state index in [0.717, 1.165) is 12.1 Å². The lowest BCUT2D eigenvalue weighted by Gasteiger charge is -2.27. The molecule has 1 aromatic carbocycles. The van der Waals surface area contributed by atoms with Crippen LogP contribution < -0.4 is 5.32 Å². The van der Waals surface area contributed by atoms with Crippen LogP contribution in [0.5, 0.6) is 0 Å². The molecule has 2 N–H and O–H groups in total. The number of amides is 1. The summed E-state index contributed by atoms with van der Waals surface area (Å²) in [4.78, 5) is 12.5. The lowest BCUT2D eigenvalue weighted by Crippen LogP contribution is -2.42. The minimum atomic E-state index is -4.45. The van der Waals surface area contributed by atoms with E-state index in [0.29, 0.717) is 12.8 Å². The molecule has 27 heavy (non-hydrogen) atoms. The monoisotopic (exact) mass is 400 g/mol. The summed E-state index contributed by atoms with van der Waals surface area (Å²) in [5, 5.41) is 15.7. The highest BCUT2D eigenvalue weighted by Gasteiger charge is 2.31. The molecular weight excluding hydrogens is 385 g/mol. The minimum absolute atomic E-state index is 0.0118. The molecule has 0 spiro atoms. The minimum Gasteiger partial charge on any atom is -0.396 e. The molecule has 0 bridgehead atoms. The van der Waals surface area contributed by atoms with Crippen LogP contribution in [-0.4, -0.2) is 28.8 Å². The van der Waals surface area contributed by atoms with Gasteiger partial charge in [0.1, 0.15) is 5.02 Å². The van der Waals surface area contributed by atoms with Gasteiger partial charge < -0.3 is 14.9 Å². The van der Waals surface area contributed by atoms with E-state index in [9.17, 15) is 23.1 Å². The first-order valence-corrected chi connectivity index (χ1v) is 8.58. The molecule has 1 aromatic heterocycles. The van der Waals surface area contributed by atoms with Gasteiger partial charge in [0.05, 0.1) is 5.56 Å². The van der Waals surface area contributed by atoms with Gasteiger partial charge in [0.2, 0.25) is 0 Å². The van der Waals surface area contributed by atoms with Gasteiger partial charge in [-0.1, -0.05) is 41.0 Å². The molecule has 2 atom stereocenters. The second-order valence-electron chi connectivity index (χ2n) is 6.21. The van der Waals surface area contributed by atoms with E-state index >= 15 is 0 Å². The number of carbonyl (C=O) groups excluding carboxylic acids is 1. The maximum absolute atomic E-state index is 12.7. The van der Waals surface area contributed by atoms with Gasteiger partial charge in [0.25, 0.3) is 5.91 Å². The Morgan fingerprint density at radius 2 is 1.93 bits per heavy atom. The van der Waals surface area contributed by atoms with Crippen molar-refractivity contribution in [1.29, 1.82) is 0 Å². The van der Waals surface area contributed by atoms with Gasteiger partial charge in [-0.3, -0.25) is 4.79 Å². The number of benzene rings is 1. The molecule has 9 heteroatoms. The Morgan fingerprint density at radius 1 is 1.26 bits per heavy atom. The third-order valence-electron chi connectivity index (χ3n) is 4.44. The SMILES string of the molecule is O=C(N[C@H]1CC=CC[C@H]1CO)c1noc(-c2ccc(C(F)(F)F)cc2)c1Cl. The van der Waals surface area contributed by atoms with E-state index in [-0.39, 0.29) is 40.6 Å². The van der Waals surface area contributed by atoms with Gasteiger partial charge >= 0.3 is 6.18 Å². The van der Waals surface area contributed by atoms with Crippen molar-refractivity contribution in [2.45, 2.75) is 25.1 Å². The number of nitrogens with zero attached hydrogens (tertiary/aromatic N) is 1. The number of alkyl halides is 3. The molecule has 1 aliphatic carbocycles. The number of carbonyl (C=O) groups is 1. The second kappa shape index (κ2) is 7.74. The summed E-state index contributed by atoms with van der Waals surface area (Å²) < 4.78 is 43.1. The fraction of sp³-hybridized carbons (Fsp3) is 0.333. The Labute approximate surface area is 157 Å². The molecule has 1 aliphatic rings. The molecule has 5 nitrogen and oxygen atoms in total. The van der Waals surface area contributed by atoms with Crippen molar-refractivity contribution < 1.29 is 27.6 Å². The zero-order chi connectivity index (χ0) is 19.6. The topological polar surface area (TPSA) is 75.4 Å². The van der Waals surface area contributed by atoms with Crippen molar-refractivity contribution in [3.63, 3.8) is 0 Å². The fourth-order valence-corrected chi connectivity index (χ4v) is 3.16. The van der Waals surface area contributed by atoms with E-state index in [1.165, 1.54) is 12.1 Å². The van der Waals surface area contributed by atoms with Crippen molar-refractivity contribution in [3.05, 3.63) is 52.7 Å². The van der Waals surface area contributed by atoms with Gasteiger partial charge in [-0.05, 0) is 25.0 Å². The van der Waals surface area contributed by atoms with Crippen molar-refractivity contribution in [3.8, 4) is 11.3 Å². The number of halogens is 4. The molecule has 0 saturated carbocycles. The highest BCUT2D eigenvalue weighted by atomic mass is 35.5. The average Bonchev–Trinajstić information content (AvgIpc) is 3.03. The summed E-state index contributed by atoms with van der Waals surface area (Å²) in [6.45, 7) is -0.0708. The molecule has 144 valence electrons. The Hall–Kier alpha value is -2.32. The third-order valence-corrected chi connectivity index (χ3v) is 4.79. The van der Waals surface area contributed by atoms with Gasteiger partial charge in [0.15, 0.2) is 11.5 Å². The van der Waals surface area contributed by atoms with Crippen LogP contribution in [0.1, 0.15) is 28.9 Å². The summed E-state index contributed by atoms with van der Waals surface area (Å²) in [5.41, 5.74) is -0.688. The van der Waals surface area contributed by atoms with E-state index in [4.69, 9.17) is 16.1 Å². The third kappa shape index (κ3) is 4.17. The molecule has 2 aromatic rings. The normalized spacial score (nSPS) is 19.9. The number of rotatable bonds is 4. The zero-order valence-electron chi connectivity index (χ0n) is 14.0. The molecular formula is C18H16ClF3N2O3. The predicted octanol–water partition coefficient (Wildman–Crippen LogP) is 4.07. The Morgan fingerprint density at radius 3 is 2.56 bits per heavy atom. The summed E-state index contributed by atoms with van der Waals surface area (Å²) in [7, 11) is 0. The van der Waals surface area contributed by atoms with Crippen molar-refractivity contribution in [2.24, 2.45) is 5.92 Å². The first-order chi connectivity index (χ1) is 12.8. The number of hydrogen-bond acceptors (Lipinski definition) is 4. The average molecular weight is 401 g/mol. The summed E-state index contributed by atoms with van der Waals surface area (Å²) in [6, 6.07) is 3.92. The van der Waals surface area contributed by atoms with Gasteiger partial charge in [0, 0.05) is 24.1 Å². The van der Waals surface area contributed by atoms with E-state index in [2.05, 4.69) is 10.5 Å². The Bertz CT molecular complexity index is 847. The van der Waals surface area contributed by atoms with Crippen LogP contribution in [0.25, 0.3) is 11.3 Å². The summed E-state index contributed by atoms with van der Waals surface area (Å²) in [6.07, 6.45) is 0.611. The first kappa shape index (κ1) is 19.4. The highest BCUT2D eigenvalue weighted by molar-refractivity contribution is 6.35. The van der Waals surface area contributed by atoms with Gasteiger partial charge in [-0.2, -0.15) is 13.2 Å². The molecule has 0 unspecified atom stereocenters. The Balaban J connectivity index is 1.78. The molecule has 0 saturated heterocycles. The molecule has 0 fully saturated rings. The second-order valence-corrected chi connectivity index (χ2v) is 6.59. The fourth-order valence-electron chi connectivity index (χ4n) is 2.90. The highest BCUT2D eigenvalue weighted by Crippen LogP contribution is 2.34.